The lowest BCUT2D eigenvalue weighted by Gasteiger charge is -2.33. The van der Waals surface area contributed by atoms with Crippen molar-refractivity contribution in [2.24, 2.45) is 11.4 Å². The number of hydrogen-bond acceptors (Lipinski definition) is 23. The van der Waals surface area contributed by atoms with Crippen molar-refractivity contribution in [1.82, 2.24) is 55.4 Å². The number of benzene rings is 3. The third-order valence-corrected chi connectivity index (χ3v) is 17.8. The van der Waals surface area contributed by atoms with Gasteiger partial charge in [-0.2, -0.15) is 12.8 Å². The number of carboxylic acid groups (broad SMARTS) is 4. The Kier molecular flexibility index (Phi) is 33.5. The number of sulfonamides is 1. The minimum absolute atomic E-state index is 0.0540. The van der Waals surface area contributed by atoms with Gasteiger partial charge in [0.05, 0.1) is 76.2 Å². The molecule has 1 aliphatic rings. The van der Waals surface area contributed by atoms with Crippen LogP contribution in [0.4, 0.5) is 5.95 Å². The number of aromatic nitrogens is 3. The lowest BCUT2D eigenvalue weighted by Crippen LogP contribution is -2.53. The van der Waals surface area contributed by atoms with Crippen molar-refractivity contribution >= 4 is 87.9 Å². The van der Waals surface area contributed by atoms with Gasteiger partial charge in [-0.1, -0.05) is 18.2 Å². The Morgan fingerprint density at radius 2 is 1.19 bits per heavy atom. The normalized spacial score (nSPS) is 14.4. The maximum atomic E-state index is 13.8. The number of carbonyl (C=O) groups is 8. The van der Waals surface area contributed by atoms with E-state index in [0.717, 1.165) is 5.56 Å². The van der Waals surface area contributed by atoms with Crippen molar-refractivity contribution in [3.8, 4) is 11.5 Å². The molecule has 0 saturated carbocycles. The molecule has 5 aromatic rings. The van der Waals surface area contributed by atoms with Crippen molar-refractivity contribution in [3.63, 3.8) is 0 Å². The largest absolute Gasteiger partial charge is 0.524 e. The van der Waals surface area contributed by atoms with Crippen molar-refractivity contribution in [2.75, 3.05) is 150 Å². The van der Waals surface area contributed by atoms with Crippen LogP contribution in [0.3, 0.4) is 0 Å². The summed E-state index contributed by atoms with van der Waals surface area (Å²) in [5.74, 6) is -6.60. The summed E-state index contributed by atoms with van der Waals surface area (Å²) in [6, 6.07) is 12.3. The van der Waals surface area contributed by atoms with Gasteiger partial charge in [-0.25, -0.2) is 14.3 Å². The van der Waals surface area contributed by atoms with E-state index in [1.165, 1.54) is 56.4 Å². The van der Waals surface area contributed by atoms with Gasteiger partial charge in [0.1, 0.15) is 23.1 Å². The number of aromatic amines is 1. The molecule has 3 heterocycles. The van der Waals surface area contributed by atoms with Crippen LogP contribution < -0.4 is 41.3 Å². The van der Waals surface area contributed by atoms with E-state index in [4.69, 9.17) is 18.9 Å². The first-order chi connectivity index (χ1) is 49.0. The van der Waals surface area contributed by atoms with E-state index in [2.05, 4.69) is 45.5 Å². The van der Waals surface area contributed by atoms with Gasteiger partial charge in [0.2, 0.25) is 23.2 Å². The molecule has 1 fully saturated rings. The molecule has 4 amide bonds. The molecule has 38 heteroatoms. The highest BCUT2D eigenvalue weighted by atomic mass is 32.2. The molecular weight excluding hydrogens is 1390 g/mol. The number of nitrogens with zero attached hydrogens (tertiary/aromatic N) is 7. The number of phosphoric ester groups is 1. The summed E-state index contributed by atoms with van der Waals surface area (Å²) in [7, 11) is -7.88. The number of phosphoric acid groups is 1. The fourth-order valence-corrected chi connectivity index (χ4v) is 12.7. The molecule has 1 saturated heterocycles. The number of aryl methyl sites for hydroxylation is 3. The van der Waals surface area contributed by atoms with Crippen molar-refractivity contribution in [3.05, 3.63) is 111 Å². The van der Waals surface area contributed by atoms with Gasteiger partial charge in [0, 0.05) is 129 Å². The average Bonchev–Trinajstić information content (AvgIpc) is 0.983. The maximum Gasteiger partial charge on any atom is 0.524 e. The van der Waals surface area contributed by atoms with Gasteiger partial charge in [-0.15, -0.1) is 0 Å². The summed E-state index contributed by atoms with van der Waals surface area (Å²) in [5.41, 5.74) is 0.441. The highest BCUT2D eigenvalue weighted by Gasteiger charge is 2.28. The Balaban J connectivity index is 0.848. The second kappa shape index (κ2) is 41.7. The van der Waals surface area contributed by atoms with E-state index in [9.17, 15) is 86.3 Å². The standard InChI is InChI=1S/C65H90N13O23PS/c1-44-33-49(34-45(2)61(44)103(95,96)73-53(64(90)91)38-70-62(88)51-39-74(3)54-36-47(10-13-50(54)60(51)87)37-71-65-68-16-17-69-65)100-28-4-7-55(79)66-14-5-26-97-29-31-99-32-30-98-27-6-15-67-63(89)52(35-46-8-11-48(12-9-46)101-102(92,93)94)72-56(80)40-75-18-20-76(41-57(81)82)22-24-78(43-59(85)86)25-23-77(21-19-75)42-58(83)84/h8-13,16-17,33-34,36,39,52H,4-7,14-15,18-32,35,37-38,40-43H2,1-3H3,(H,66,79)(H,67,89)(H,70,88)(H,72,80)(H,81,82)(H,83,84)(H,85,86)(H,90,91)(H2,68,69,71)(H2,92,93,94)/b73-53+/t52-/m1/s1. The van der Waals surface area contributed by atoms with Gasteiger partial charge in [-0.3, -0.25) is 67.7 Å². The number of fused-ring (bicyclic) bond motifs is 1. The van der Waals surface area contributed by atoms with Crippen LogP contribution in [0.25, 0.3) is 10.9 Å². The fourth-order valence-electron chi connectivity index (χ4n) is 10.8. The molecule has 36 nitrogen and oxygen atoms in total. The summed E-state index contributed by atoms with van der Waals surface area (Å²) < 4.78 is 71.0. The predicted molar refractivity (Wildman–Crippen MR) is 371 cm³/mol. The third-order valence-electron chi connectivity index (χ3n) is 15.8. The molecule has 3 aromatic carbocycles. The average molecular weight is 1480 g/mol. The summed E-state index contributed by atoms with van der Waals surface area (Å²) in [6.45, 7) is 4.77. The minimum Gasteiger partial charge on any atom is -0.494 e. The van der Waals surface area contributed by atoms with E-state index in [1.54, 1.807) is 61.8 Å². The zero-order chi connectivity index (χ0) is 75.1. The quantitative estimate of drug-likeness (QED) is 0.0139. The molecule has 103 heavy (non-hydrogen) atoms. The topological polar surface area (TPSA) is 491 Å². The number of ether oxygens (including phenoxy) is 4. The van der Waals surface area contributed by atoms with Crippen LogP contribution in [0.5, 0.6) is 11.5 Å². The van der Waals surface area contributed by atoms with Gasteiger partial charge in [0.25, 0.3) is 15.9 Å². The molecule has 0 unspecified atom stereocenters. The second-order valence-corrected chi connectivity index (χ2v) is 26.7. The first-order valence-corrected chi connectivity index (χ1v) is 35.9. The number of anilines is 1. The highest BCUT2D eigenvalue weighted by Crippen LogP contribution is 2.37. The van der Waals surface area contributed by atoms with Crippen LogP contribution in [-0.2, 0) is 82.4 Å². The predicted octanol–water partition coefficient (Wildman–Crippen LogP) is 0.0306. The minimum atomic E-state index is -4.86. The Hall–Kier alpha value is -9.27. The van der Waals surface area contributed by atoms with Crippen LogP contribution in [0.2, 0.25) is 0 Å². The Morgan fingerprint density at radius 1 is 0.660 bits per heavy atom. The zero-order valence-corrected chi connectivity index (χ0v) is 59.1. The molecular formula is C65H90N13O23PS. The smallest absolute Gasteiger partial charge is 0.494 e. The monoisotopic (exact) mass is 1480 g/mol. The Morgan fingerprint density at radius 3 is 1.72 bits per heavy atom. The number of H-pyrrole nitrogens is 1. The molecule has 12 N–H and O–H groups in total. The van der Waals surface area contributed by atoms with Gasteiger partial charge in [-0.05, 0) is 91.8 Å². The number of rotatable bonds is 42. The summed E-state index contributed by atoms with van der Waals surface area (Å²) in [4.78, 5) is 146. The van der Waals surface area contributed by atoms with Crippen molar-refractivity contribution in [2.45, 2.75) is 63.4 Å². The number of hydrogen-bond donors (Lipinski definition) is 12. The Bertz CT molecular complexity index is 3900. The van der Waals surface area contributed by atoms with E-state index < -0.39 is 83.2 Å². The van der Waals surface area contributed by atoms with Crippen LogP contribution in [0, 0.1) is 13.8 Å². The molecule has 1 aliphatic heterocycles. The van der Waals surface area contributed by atoms with E-state index in [1.807, 2.05) is 0 Å². The zero-order valence-electron chi connectivity index (χ0n) is 57.4. The van der Waals surface area contributed by atoms with Crippen LogP contribution in [0.15, 0.2) is 87.3 Å². The van der Waals surface area contributed by atoms with E-state index in [0.29, 0.717) is 61.7 Å². The molecule has 0 bridgehead atoms. The van der Waals surface area contributed by atoms with Gasteiger partial charge < -0.3 is 80.0 Å². The first-order valence-electron chi connectivity index (χ1n) is 32.9. The SMILES string of the molecule is Cc1cc(OCCCC(=O)NCCCOCCOCCOCCCNC(=O)[C@@H](Cc2ccc(OP(=O)(O)O)cc2)NC(=O)CN2CCN(CC(=O)O)CCN(CC(=O)O)CCN(CC(=O)O)CC2)cc(C)c1S(=O)(=O)/N=C(\CNC(=O)c1cn(C)c2cc(CNc3ncc[nH]3)ccc2c1=O)C(=O)O. The molecule has 0 aliphatic carbocycles. The summed E-state index contributed by atoms with van der Waals surface area (Å²) in [5, 5.41) is 52.7. The number of pyridine rings is 1. The number of nitrogens with one attached hydrogen (secondary N) is 6. The van der Waals surface area contributed by atoms with Crippen LogP contribution in [-0.4, -0.2) is 276 Å². The molecule has 0 radical (unpaired) electrons. The molecule has 0 spiro atoms. The lowest BCUT2D eigenvalue weighted by molar-refractivity contribution is -0.140. The van der Waals surface area contributed by atoms with E-state index >= 15 is 0 Å². The number of carboxylic acids is 4. The maximum absolute atomic E-state index is 13.8. The van der Waals surface area contributed by atoms with Crippen LogP contribution >= 0.6 is 7.82 Å². The highest BCUT2D eigenvalue weighted by molar-refractivity contribution is 7.90. The molecule has 564 valence electrons. The van der Waals surface area contributed by atoms with Crippen LogP contribution in [0.1, 0.15) is 58.3 Å². The Labute approximate surface area is 593 Å². The second-order valence-electron chi connectivity index (χ2n) is 24.0. The number of carbonyl (C=O) groups excluding carboxylic acids is 4. The number of aliphatic carboxylic acids is 4. The van der Waals surface area contributed by atoms with Crippen molar-refractivity contribution < 1.29 is 105 Å². The third kappa shape index (κ3) is 29.9. The summed E-state index contributed by atoms with van der Waals surface area (Å²) in [6.07, 6.45) is 5.87. The lowest BCUT2D eigenvalue weighted by atomic mass is 10.0. The van der Waals surface area contributed by atoms with Gasteiger partial charge >= 0.3 is 31.7 Å². The van der Waals surface area contributed by atoms with Gasteiger partial charge in [0.15, 0.2) is 11.7 Å². The molecule has 6 rings (SSSR count). The van der Waals surface area contributed by atoms with E-state index in [-0.39, 0.29) is 176 Å². The molecule has 2 aromatic heterocycles. The van der Waals surface area contributed by atoms with Crippen molar-refractivity contribution in [1.29, 1.82) is 0 Å². The molecule has 1 atom stereocenters. The number of imidazole rings is 1. The number of amides is 4. The fraction of sp³-hybridized carbons (Fsp3) is 0.492. The summed E-state index contributed by atoms with van der Waals surface area (Å²) >= 11 is 0. The first kappa shape index (κ1) is 82.7.